The van der Waals surface area contributed by atoms with E-state index in [0.29, 0.717) is 17.9 Å². The number of hydrogen-bond donors (Lipinski definition) is 2. The topological polar surface area (TPSA) is 72.4 Å². The highest BCUT2D eigenvalue weighted by Crippen LogP contribution is 2.15. The number of carbonyl (C=O) groups is 2. The zero-order valence-corrected chi connectivity index (χ0v) is 15.0. The predicted molar refractivity (Wildman–Crippen MR) is 104 cm³/mol. The van der Waals surface area contributed by atoms with E-state index >= 15 is 0 Å². The van der Waals surface area contributed by atoms with Crippen molar-refractivity contribution in [2.24, 2.45) is 0 Å². The first-order chi connectivity index (χ1) is 13.2. The van der Waals surface area contributed by atoms with Crippen molar-refractivity contribution in [1.29, 1.82) is 0 Å². The third-order valence-corrected chi connectivity index (χ3v) is 3.87. The summed E-state index contributed by atoms with van der Waals surface area (Å²) in [5, 5.41) is 5.38. The number of ether oxygens (including phenoxy) is 1. The zero-order chi connectivity index (χ0) is 19.1. The summed E-state index contributed by atoms with van der Waals surface area (Å²) in [6.45, 7) is 2.38. The number of aromatic nitrogens is 1. The van der Waals surface area contributed by atoms with E-state index in [1.54, 1.807) is 36.4 Å². The summed E-state index contributed by atoms with van der Waals surface area (Å²) in [5.74, 6) is 0.145. The van der Waals surface area contributed by atoms with Gasteiger partial charge in [-0.2, -0.15) is 0 Å². The van der Waals surface area contributed by atoms with Gasteiger partial charge in [-0.15, -0.1) is 0 Å². The highest BCUT2D eigenvalue weighted by molar-refractivity contribution is 5.99. The van der Waals surface area contributed by atoms with Crippen molar-refractivity contribution in [3.8, 4) is 11.4 Å². The molecule has 0 saturated heterocycles. The van der Waals surface area contributed by atoms with Crippen LogP contribution in [0.25, 0.3) is 5.69 Å². The van der Waals surface area contributed by atoms with Crippen LogP contribution in [0.1, 0.15) is 17.3 Å². The van der Waals surface area contributed by atoms with Gasteiger partial charge in [-0.3, -0.25) is 9.59 Å². The number of nitrogens with one attached hydrogen (secondary N) is 2. The molecule has 6 nitrogen and oxygen atoms in total. The Morgan fingerprint density at radius 3 is 2.44 bits per heavy atom. The predicted octanol–water partition coefficient (Wildman–Crippen LogP) is 3.24. The van der Waals surface area contributed by atoms with Crippen LogP contribution in [-0.4, -0.2) is 29.5 Å². The van der Waals surface area contributed by atoms with Crippen molar-refractivity contribution in [3.63, 3.8) is 0 Å². The van der Waals surface area contributed by atoms with E-state index in [9.17, 15) is 9.59 Å². The van der Waals surface area contributed by atoms with Gasteiger partial charge in [-0.05, 0) is 61.5 Å². The molecule has 0 unspecified atom stereocenters. The molecule has 138 valence electrons. The summed E-state index contributed by atoms with van der Waals surface area (Å²) < 4.78 is 7.27. The molecule has 0 radical (unpaired) electrons. The molecule has 3 rings (SSSR count). The standard InChI is InChI=1S/C21H21N3O3/c1-2-27-19-10-8-17(9-11-19)23-20(25)15-22-21(26)16-6-5-7-18(14-16)24-12-3-4-13-24/h3-14H,2,15H2,1H3,(H,22,26)(H,23,25). The molecule has 0 fully saturated rings. The van der Waals surface area contributed by atoms with Crippen molar-refractivity contribution in [2.75, 3.05) is 18.5 Å². The van der Waals surface area contributed by atoms with Crippen molar-refractivity contribution < 1.29 is 14.3 Å². The maximum Gasteiger partial charge on any atom is 0.251 e. The Kier molecular flexibility index (Phi) is 5.89. The molecule has 0 saturated carbocycles. The van der Waals surface area contributed by atoms with E-state index in [0.717, 1.165) is 11.4 Å². The number of rotatable bonds is 7. The van der Waals surface area contributed by atoms with E-state index in [2.05, 4.69) is 10.6 Å². The molecule has 2 amide bonds. The summed E-state index contributed by atoms with van der Waals surface area (Å²) in [4.78, 5) is 24.4. The van der Waals surface area contributed by atoms with Gasteiger partial charge < -0.3 is 19.9 Å². The van der Waals surface area contributed by atoms with E-state index in [1.807, 2.05) is 48.1 Å². The lowest BCUT2D eigenvalue weighted by Gasteiger charge is -2.09. The van der Waals surface area contributed by atoms with E-state index in [1.165, 1.54) is 0 Å². The second-order valence-corrected chi connectivity index (χ2v) is 5.83. The summed E-state index contributed by atoms with van der Waals surface area (Å²) in [6, 6.07) is 18.1. The van der Waals surface area contributed by atoms with Crippen LogP contribution in [0.5, 0.6) is 5.75 Å². The van der Waals surface area contributed by atoms with Crippen molar-refractivity contribution in [2.45, 2.75) is 6.92 Å². The monoisotopic (exact) mass is 363 g/mol. The fourth-order valence-electron chi connectivity index (χ4n) is 2.58. The first-order valence-electron chi connectivity index (χ1n) is 8.70. The molecule has 1 aromatic heterocycles. The fraction of sp³-hybridized carbons (Fsp3) is 0.143. The maximum absolute atomic E-state index is 12.3. The average molecular weight is 363 g/mol. The average Bonchev–Trinajstić information content (AvgIpc) is 3.23. The molecule has 27 heavy (non-hydrogen) atoms. The molecule has 0 aliphatic rings. The highest BCUT2D eigenvalue weighted by atomic mass is 16.5. The third-order valence-electron chi connectivity index (χ3n) is 3.87. The molecule has 6 heteroatoms. The van der Waals surface area contributed by atoms with Gasteiger partial charge in [-0.1, -0.05) is 6.07 Å². The van der Waals surface area contributed by atoms with Gasteiger partial charge in [0.25, 0.3) is 5.91 Å². The quantitative estimate of drug-likeness (QED) is 0.677. The molecule has 1 heterocycles. The zero-order valence-electron chi connectivity index (χ0n) is 15.0. The van der Waals surface area contributed by atoms with E-state index in [-0.39, 0.29) is 18.4 Å². The molecular weight excluding hydrogens is 342 g/mol. The first-order valence-corrected chi connectivity index (χ1v) is 8.70. The number of carbonyl (C=O) groups excluding carboxylic acids is 2. The lowest BCUT2D eigenvalue weighted by Crippen LogP contribution is -2.32. The lowest BCUT2D eigenvalue weighted by atomic mass is 10.2. The third kappa shape index (κ3) is 4.98. The van der Waals surface area contributed by atoms with Gasteiger partial charge in [0, 0.05) is 29.3 Å². The molecular formula is C21H21N3O3. The Balaban J connectivity index is 1.54. The fourth-order valence-corrected chi connectivity index (χ4v) is 2.58. The minimum absolute atomic E-state index is 0.111. The van der Waals surface area contributed by atoms with Crippen molar-refractivity contribution >= 4 is 17.5 Å². The molecule has 0 aliphatic carbocycles. The molecule has 3 aromatic rings. The van der Waals surface area contributed by atoms with Crippen LogP contribution in [0.4, 0.5) is 5.69 Å². The van der Waals surface area contributed by atoms with Gasteiger partial charge >= 0.3 is 0 Å². The molecule has 2 N–H and O–H groups in total. The Hall–Kier alpha value is -3.54. The number of benzene rings is 2. The normalized spacial score (nSPS) is 10.3. The maximum atomic E-state index is 12.3. The molecule has 0 aliphatic heterocycles. The summed E-state index contributed by atoms with van der Waals surface area (Å²) >= 11 is 0. The number of anilines is 1. The van der Waals surface area contributed by atoms with Gasteiger partial charge in [0.1, 0.15) is 5.75 Å². The lowest BCUT2D eigenvalue weighted by molar-refractivity contribution is -0.115. The van der Waals surface area contributed by atoms with Crippen LogP contribution in [0.2, 0.25) is 0 Å². The smallest absolute Gasteiger partial charge is 0.251 e. The Morgan fingerprint density at radius 2 is 1.74 bits per heavy atom. The van der Waals surface area contributed by atoms with E-state index < -0.39 is 0 Å². The van der Waals surface area contributed by atoms with Crippen molar-refractivity contribution in [1.82, 2.24) is 9.88 Å². The summed E-state index contributed by atoms with van der Waals surface area (Å²) in [6.07, 6.45) is 3.81. The van der Waals surface area contributed by atoms with Gasteiger partial charge in [0.05, 0.1) is 13.2 Å². The van der Waals surface area contributed by atoms with Gasteiger partial charge in [-0.25, -0.2) is 0 Å². The van der Waals surface area contributed by atoms with Crippen LogP contribution in [-0.2, 0) is 4.79 Å². The second-order valence-electron chi connectivity index (χ2n) is 5.83. The minimum Gasteiger partial charge on any atom is -0.494 e. The van der Waals surface area contributed by atoms with Crippen LogP contribution in [0.3, 0.4) is 0 Å². The Morgan fingerprint density at radius 1 is 1.00 bits per heavy atom. The van der Waals surface area contributed by atoms with Crippen LogP contribution < -0.4 is 15.4 Å². The summed E-state index contributed by atoms with van der Waals surface area (Å²) in [7, 11) is 0. The number of hydrogen-bond acceptors (Lipinski definition) is 3. The van der Waals surface area contributed by atoms with Gasteiger partial charge in [0.15, 0.2) is 0 Å². The van der Waals surface area contributed by atoms with Crippen LogP contribution in [0, 0.1) is 0 Å². The van der Waals surface area contributed by atoms with Crippen LogP contribution >= 0.6 is 0 Å². The minimum atomic E-state index is -0.300. The molecule has 0 spiro atoms. The largest absolute Gasteiger partial charge is 0.494 e. The van der Waals surface area contributed by atoms with Crippen LogP contribution in [0.15, 0.2) is 73.1 Å². The SMILES string of the molecule is CCOc1ccc(NC(=O)CNC(=O)c2cccc(-n3cccc3)c2)cc1. The summed E-state index contributed by atoms with van der Waals surface area (Å²) in [5.41, 5.74) is 2.02. The van der Waals surface area contributed by atoms with Crippen molar-refractivity contribution in [3.05, 3.63) is 78.6 Å². The molecule has 0 bridgehead atoms. The van der Waals surface area contributed by atoms with Gasteiger partial charge in [0.2, 0.25) is 5.91 Å². The molecule has 0 atom stereocenters. The Labute approximate surface area is 157 Å². The molecule has 2 aromatic carbocycles. The first kappa shape index (κ1) is 18.3. The Bertz CT molecular complexity index is 903. The number of amides is 2. The second kappa shape index (κ2) is 8.71. The van der Waals surface area contributed by atoms with E-state index in [4.69, 9.17) is 4.74 Å². The highest BCUT2D eigenvalue weighted by Gasteiger charge is 2.09. The number of nitrogens with zero attached hydrogens (tertiary/aromatic N) is 1.